The minimum atomic E-state index is -4.77. The zero-order valence-corrected chi connectivity index (χ0v) is 21.6. The molecule has 0 unspecified atom stereocenters. The van der Waals surface area contributed by atoms with Gasteiger partial charge in [0.2, 0.25) is 0 Å². The molecule has 0 amide bonds. The number of carbonyl (C=O) groups is 1. The van der Waals surface area contributed by atoms with Crippen LogP contribution in [0.1, 0.15) is 12.0 Å². The van der Waals surface area contributed by atoms with Crippen molar-refractivity contribution in [3.63, 3.8) is 0 Å². The van der Waals surface area contributed by atoms with E-state index in [1.54, 1.807) is 0 Å². The monoisotopic (exact) mass is 582 g/mol. The summed E-state index contributed by atoms with van der Waals surface area (Å²) < 4.78 is 96.8. The van der Waals surface area contributed by atoms with Crippen LogP contribution in [0.25, 0.3) is 11.1 Å². The molecule has 1 N–H and O–H groups in total. The predicted molar refractivity (Wildman–Crippen MR) is 135 cm³/mol. The third-order valence-electron chi connectivity index (χ3n) is 6.92. The van der Waals surface area contributed by atoms with Crippen molar-refractivity contribution in [2.75, 3.05) is 41.9 Å². The van der Waals surface area contributed by atoms with Crippen molar-refractivity contribution in [1.29, 1.82) is 0 Å². The molecule has 0 radical (unpaired) electrons. The molecule has 40 heavy (non-hydrogen) atoms. The molecule has 0 saturated carbocycles. The van der Waals surface area contributed by atoms with Crippen LogP contribution in [-0.2, 0) is 21.0 Å². The Morgan fingerprint density at radius 1 is 1.00 bits per heavy atom. The number of benzene rings is 2. The van der Waals surface area contributed by atoms with Crippen molar-refractivity contribution in [3.05, 3.63) is 71.9 Å². The second-order valence-electron chi connectivity index (χ2n) is 9.58. The SMILES string of the molecule is O=C(O)CCN1CCN2c3ncc(-c4cc(F)cc(F)c4)cc3N(S(=O)(=O)c3cccc(C(F)(F)F)c3)C[C@@H]2C1. The molecule has 14 heteroatoms. The Kier molecular flexibility index (Phi) is 7.17. The number of hydrogen-bond donors (Lipinski definition) is 1. The van der Waals surface area contributed by atoms with E-state index >= 15 is 0 Å². The lowest BCUT2D eigenvalue weighted by atomic mass is 10.0. The summed E-state index contributed by atoms with van der Waals surface area (Å²) in [6.45, 7) is 1.22. The van der Waals surface area contributed by atoms with E-state index < -0.39 is 50.3 Å². The Bertz CT molecular complexity index is 1550. The first-order valence-electron chi connectivity index (χ1n) is 12.2. The smallest absolute Gasteiger partial charge is 0.416 e. The van der Waals surface area contributed by atoms with Crippen LogP contribution in [0.5, 0.6) is 0 Å². The number of anilines is 2. The third kappa shape index (κ3) is 5.45. The number of halogens is 5. The van der Waals surface area contributed by atoms with Crippen molar-refractivity contribution in [2.24, 2.45) is 0 Å². The minimum Gasteiger partial charge on any atom is -0.481 e. The van der Waals surface area contributed by atoms with Gasteiger partial charge in [0.05, 0.1) is 35.2 Å². The average molecular weight is 583 g/mol. The van der Waals surface area contributed by atoms with Gasteiger partial charge in [-0.2, -0.15) is 13.2 Å². The molecule has 1 saturated heterocycles. The standard InChI is InChI=1S/C26H23F5N4O4S/c27-19-8-16(9-20(28)12-19)17-10-23-25(32-13-17)34-7-6-33(5-4-24(36)37)14-21(34)15-35(23)40(38,39)22-3-1-2-18(11-22)26(29,30)31/h1-3,8-13,21H,4-7,14-15H2,(H,36,37)/t21-/m0/s1. The van der Waals surface area contributed by atoms with Crippen LogP contribution in [0.3, 0.4) is 0 Å². The lowest BCUT2D eigenvalue weighted by Crippen LogP contribution is -2.61. The number of nitrogens with zero attached hydrogens (tertiary/aromatic N) is 4. The maximum atomic E-state index is 13.9. The second kappa shape index (κ2) is 10.3. The molecule has 1 aromatic heterocycles. The molecule has 0 bridgehead atoms. The first kappa shape index (κ1) is 27.8. The van der Waals surface area contributed by atoms with E-state index in [4.69, 9.17) is 5.11 Å². The van der Waals surface area contributed by atoms with Gasteiger partial charge in [0.15, 0.2) is 5.82 Å². The van der Waals surface area contributed by atoms with E-state index in [2.05, 4.69) is 4.98 Å². The topological polar surface area (TPSA) is 94.1 Å². The zero-order valence-electron chi connectivity index (χ0n) is 20.8. The molecule has 1 atom stereocenters. The summed E-state index contributed by atoms with van der Waals surface area (Å²) in [6.07, 6.45) is -3.53. The second-order valence-corrected chi connectivity index (χ2v) is 11.4. The van der Waals surface area contributed by atoms with Gasteiger partial charge in [-0.05, 0) is 42.0 Å². The Morgan fingerprint density at radius 3 is 2.40 bits per heavy atom. The summed E-state index contributed by atoms with van der Waals surface area (Å²) in [4.78, 5) is 18.6. The van der Waals surface area contributed by atoms with Gasteiger partial charge in [-0.25, -0.2) is 22.2 Å². The van der Waals surface area contributed by atoms with E-state index in [0.717, 1.165) is 34.6 Å². The van der Waals surface area contributed by atoms with Crippen molar-refractivity contribution in [2.45, 2.75) is 23.5 Å². The normalized spacial score (nSPS) is 17.9. The van der Waals surface area contributed by atoms with Crippen molar-refractivity contribution in [1.82, 2.24) is 9.88 Å². The van der Waals surface area contributed by atoms with Crippen molar-refractivity contribution < 1.29 is 40.3 Å². The number of fused-ring (bicyclic) bond motifs is 3. The summed E-state index contributed by atoms with van der Waals surface area (Å²) in [7, 11) is -4.56. The van der Waals surface area contributed by atoms with Gasteiger partial charge in [0.25, 0.3) is 10.0 Å². The lowest BCUT2D eigenvalue weighted by Gasteiger charge is -2.48. The molecule has 5 rings (SSSR count). The summed E-state index contributed by atoms with van der Waals surface area (Å²) >= 11 is 0. The summed E-state index contributed by atoms with van der Waals surface area (Å²) in [5, 5.41) is 9.05. The van der Waals surface area contributed by atoms with Crippen molar-refractivity contribution in [3.8, 4) is 11.1 Å². The number of aliphatic carboxylic acids is 1. The number of aromatic nitrogens is 1. The Hall–Kier alpha value is -3.78. The highest BCUT2D eigenvalue weighted by molar-refractivity contribution is 7.92. The Labute approximate surface area is 226 Å². The van der Waals surface area contributed by atoms with E-state index in [1.165, 1.54) is 12.3 Å². The van der Waals surface area contributed by atoms with E-state index in [1.807, 2.05) is 9.80 Å². The molecule has 2 aromatic carbocycles. The molecule has 0 aliphatic carbocycles. The van der Waals surface area contributed by atoms with Gasteiger partial charge in [0.1, 0.15) is 11.6 Å². The molecule has 3 aromatic rings. The molecular weight excluding hydrogens is 559 g/mol. The van der Waals surface area contributed by atoms with Crippen LogP contribution in [0, 0.1) is 11.6 Å². The maximum absolute atomic E-state index is 13.9. The minimum absolute atomic E-state index is 0.0508. The quantitative estimate of drug-likeness (QED) is 0.435. The van der Waals surface area contributed by atoms with E-state index in [9.17, 15) is 35.2 Å². The van der Waals surface area contributed by atoms with Crippen LogP contribution in [-0.4, -0.2) is 68.1 Å². The molecule has 2 aliphatic heterocycles. The number of hydrogen-bond acceptors (Lipinski definition) is 6. The fourth-order valence-corrected chi connectivity index (χ4v) is 6.56. The fraction of sp³-hybridized carbons (Fsp3) is 0.308. The number of pyridine rings is 1. The van der Waals surface area contributed by atoms with Crippen molar-refractivity contribution >= 4 is 27.5 Å². The highest BCUT2D eigenvalue weighted by Crippen LogP contribution is 2.41. The van der Waals surface area contributed by atoms with Gasteiger partial charge < -0.3 is 10.0 Å². The molecule has 3 heterocycles. The number of piperazine rings is 1. The first-order valence-corrected chi connectivity index (χ1v) is 13.6. The van der Waals surface area contributed by atoms with Gasteiger partial charge >= 0.3 is 12.1 Å². The summed E-state index contributed by atoms with van der Waals surface area (Å²) in [5.74, 6) is -2.43. The maximum Gasteiger partial charge on any atom is 0.416 e. The molecule has 212 valence electrons. The zero-order chi connectivity index (χ0) is 28.8. The number of sulfonamides is 1. The lowest BCUT2D eigenvalue weighted by molar-refractivity contribution is -0.138. The van der Waals surface area contributed by atoms with Crippen LogP contribution >= 0.6 is 0 Å². The molecular formula is C26H23F5N4O4S. The predicted octanol–water partition coefficient (Wildman–Crippen LogP) is 4.22. The van der Waals surface area contributed by atoms with Gasteiger partial charge in [-0.3, -0.25) is 14.0 Å². The molecule has 8 nitrogen and oxygen atoms in total. The molecule has 0 spiro atoms. The Balaban J connectivity index is 1.60. The third-order valence-corrected chi connectivity index (χ3v) is 8.69. The largest absolute Gasteiger partial charge is 0.481 e. The van der Waals surface area contributed by atoms with Crippen LogP contribution in [0.4, 0.5) is 33.5 Å². The number of carboxylic acids is 1. The van der Waals surface area contributed by atoms with Gasteiger partial charge in [-0.15, -0.1) is 0 Å². The highest BCUT2D eigenvalue weighted by atomic mass is 32.2. The summed E-state index contributed by atoms with van der Waals surface area (Å²) in [6, 6.07) is 7.12. The molecule has 2 aliphatic rings. The first-order chi connectivity index (χ1) is 18.8. The molecule has 1 fully saturated rings. The van der Waals surface area contributed by atoms with E-state index in [-0.39, 0.29) is 42.1 Å². The van der Waals surface area contributed by atoms with Gasteiger partial charge in [0, 0.05) is 44.0 Å². The van der Waals surface area contributed by atoms with E-state index in [0.29, 0.717) is 31.8 Å². The number of rotatable bonds is 6. The number of carboxylic acid groups (broad SMARTS) is 1. The van der Waals surface area contributed by atoms with Crippen LogP contribution < -0.4 is 9.21 Å². The highest BCUT2D eigenvalue weighted by Gasteiger charge is 2.41. The van der Waals surface area contributed by atoms with Crippen LogP contribution in [0.15, 0.2) is 59.6 Å². The number of alkyl halides is 3. The fourth-order valence-electron chi connectivity index (χ4n) is 5.02. The Morgan fingerprint density at radius 2 is 1.73 bits per heavy atom. The average Bonchev–Trinajstić information content (AvgIpc) is 2.90. The summed E-state index contributed by atoms with van der Waals surface area (Å²) in [5.41, 5.74) is -0.772. The van der Waals surface area contributed by atoms with Gasteiger partial charge in [-0.1, -0.05) is 6.07 Å². The van der Waals surface area contributed by atoms with Crippen LogP contribution in [0.2, 0.25) is 0 Å².